The first-order valence-electron chi connectivity index (χ1n) is 7.08. The second-order valence-electron chi connectivity index (χ2n) is 5.88. The fraction of sp³-hybridized carbons (Fsp3) is 0.438. The van der Waals surface area contributed by atoms with Gasteiger partial charge in [-0.2, -0.15) is 0 Å². The van der Waals surface area contributed by atoms with Gasteiger partial charge in [0, 0.05) is 16.0 Å². The number of aromatic nitrogens is 1. The van der Waals surface area contributed by atoms with E-state index < -0.39 is 0 Å². The average Bonchev–Trinajstić information content (AvgIpc) is 2.94. The molecule has 1 heterocycles. The summed E-state index contributed by atoms with van der Waals surface area (Å²) in [5.41, 5.74) is 8.47. The van der Waals surface area contributed by atoms with Gasteiger partial charge in [0.1, 0.15) is 5.01 Å². The molecule has 4 heteroatoms. The first-order chi connectivity index (χ1) is 9.57. The topological polar surface area (TPSA) is 38.9 Å². The first kappa shape index (κ1) is 14.1. The highest BCUT2D eigenvalue weighted by molar-refractivity contribution is 7.10. The van der Waals surface area contributed by atoms with Gasteiger partial charge in [-0.25, -0.2) is 4.98 Å². The molecule has 2 N–H and O–H groups in total. The number of nitrogens with two attached hydrogens (primary N) is 1. The van der Waals surface area contributed by atoms with Gasteiger partial charge in [-0.05, 0) is 43.7 Å². The number of hydrogen-bond donors (Lipinski definition) is 1. The zero-order chi connectivity index (χ0) is 14.2. The van der Waals surface area contributed by atoms with Crippen LogP contribution in [0, 0.1) is 5.92 Å². The molecule has 0 saturated heterocycles. The van der Waals surface area contributed by atoms with Gasteiger partial charge in [-0.1, -0.05) is 30.7 Å². The summed E-state index contributed by atoms with van der Waals surface area (Å²) in [6.07, 6.45) is 4.49. The van der Waals surface area contributed by atoms with Gasteiger partial charge >= 0.3 is 0 Å². The van der Waals surface area contributed by atoms with Crippen molar-refractivity contribution in [3.63, 3.8) is 0 Å². The van der Waals surface area contributed by atoms with Crippen molar-refractivity contribution in [2.24, 2.45) is 11.7 Å². The minimum absolute atomic E-state index is 0.220. The van der Waals surface area contributed by atoms with E-state index in [2.05, 4.69) is 12.3 Å². The van der Waals surface area contributed by atoms with Crippen molar-refractivity contribution < 1.29 is 0 Å². The van der Waals surface area contributed by atoms with Gasteiger partial charge in [0.05, 0.1) is 11.2 Å². The van der Waals surface area contributed by atoms with E-state index in [4.69, 9.17) is 22.3 Å². The summed E-state index contributed by atoms with van der Waals surface area (Å²) in [5, 5.41) is 3.93. The van der Waals surface area contributed by atoms with Crippen molar-refractivity contribution in [3.05, 3.63) is 39.7 Å². The van der Waals surface area contributed by atoms with Crippen LogP contribution in [0.4, 0.5) is 0 Å². The number of rotatable bonds is 2. The summed E-state index contributed by atoms with van der Waals surface area (Å²) in [4.78, 5) is 4.78. The Morgan fingerprint density at radius 2 is 1.90 bits per heavy atom. The van der Waals surface area contributed by atoms with Crippen LogP contribution in [0.3, 0.4) is 0 Å². The predicted molar refractivity (Wildman–Crippen MR) is 86.1 cm³/mol. The van der Waals surface area contributed by atoms with E-state index in [-0.39, 0.29) is 5.54 Å². The van der Waals surface area contributed by atoms with Crippen LogP contribution in [0.25, 0.3) is 11.3 Å². The summed E-state index contributed by atoms with van der Waals surface area (Å²) in [5.74, 6) is 0.794. The van der Waals surface area contributed by atoms with E-state index in [1.807, 2.05) is 24.3 Å². The summed E-state index contributed by atoms with van der Waals surface area (Å²) in [7, 11) is 0. The maximum absolute atomic E-state index is 6.58. The van der Waals surface area contributed by atoms with E-state index >= 15 is 0 Å². The van der Waals surface area contributed by atoms with Gasteiger partial charge in [-0.15, -0.1) is 11.3 Å². The summed E-state index contributed by atoms with van der Waals surface area (Å²) >= 11 is 7.61. The second kappa shape index (κ2) is 5.47. The number of nitrogens with zero attached hydrogens (tertiary/aromatic N) is 1. The third kappa shape index (κ3) is 2.76. The van der Waals surface area contributed by atoms with Gasteiger partial charge in [0.2, 0.25) is 0 Å². The van der Waals surface area contributed by atoms with Crippen LogP contribution in [0.2, 0.25) is 5.02 Å². The summed E-state index contributed by atoms with van der Waals surface area (Å²) in [6.45, 7) is 2.31. The highest BCUT2D eigenvalue weighted by atomic mass is 35.5. The molecule has 20 heavy (non-hydrogen) atoms. The lowest BCUT2D eigenvalue weighted by Gasteiger charge is -2.34. The summed E-state index contributed by atoms with van der Waals surface area (Å²) < 4.78 is 0. The fourth-order valence-corrected chi connectivity index (χ4v) is 3.87. The SMILES string of the molecule is CC1CCC(N)(c2nc(-c3ccc(Cl)cc3)cs2)CC1. The molecule has 1 fully saturated rings. The highest BCUT2D eigenvalue weighted by Gasteiger charge is 2.34. The van der Waals surface area contributed by atoms with E-state index in [0.29, 0.717) is 0 Å². The van der Waals surface area contributed by atoms with Crippen LogP contribution in [0.5, 0.6) is 0 Å². The lowest BCUT2D eigenvalue weighted by Crippen LogP contribution is -2.40. The van der Waals surface area contributed by atoms with E-state index in [1.54, 1.807) is 11.3 Å². The van der Waals surface area contributed by atoms with Crippen LogP contribution in [-0.4, -0.2) is 4.98 Å². The Balaban J connectivity index is 1.85. The first-order valence-corrected chi connectivity index (χ1v) is 8.33. The zero-order valence-corrected chi connectivity index (χ0v) is 13.2. The quantitative estimate of drug-likeness (QED) is 0.863. The van der Waals surface area contributed by atoms with Crippen LogP contribution in [-0.2, 0) is 5.54 Å². The molecule has 1 aromatic heterocycles. The molecule has 1 aliphatic carbocycles. The second-order valence-corrected chi connectivity index (χ2v) is 7.18. The van der Waals surface area contributed by atoms with Crippen LogP contribution < -0.4 is 5.73 Å². The lowest BCUT2D eigenvalue weighted by atomic mass is 9.78. The third-order valence-electron chi connectivity index (χ3n) is 4.24. The Labute approximate surface area is 129 Å². The van der Waals surface area contributed by atoms with Crippen molar-refractivity contribution in [1.82, 2.24) is 4.98 Å². The van der Waals surface area contributed by atoms with Crippen molar-refractivity contribution in [1.29, 1.82) is 0 Å². The third-order valence-corrected chi connectivity index (χ3v) is 5.55. The normalized spacial score (nSPS) is 26.6. The molecule has 1 aromatic carbocycles. The average molecular weight is 307 g/mol. The number of halogens is 1. The molecule has 106 valence electrons. The van der Waals surface area contributed by atoms with Crippen molar-refractivity contribution in [2.45, 2.75) is 38.1 Å². The van der Waals surface area contributed by atoms with Crippen molar-refractivity contribution in [3.8, 4) is 11.3 Å². The Morgan fingerprint density at radius 1 is 1.25 bits per heavy atom. The van der Waals surface area contributed by atoms with Crippen molar-refractivity contribution in [2.75, 3.05) is 0 Å². The Hall–Kier alpha value is -0.900. The highest BCUT2D eigenvalue weighted by Crippen LogP contribution is 2.39. The van der Waals surface area contributed by atoms with Gasteiger partial charge in [0.15, 0.2) is 0 Å². The predicted octanol–water partition coefficient (Wildman–Crippen LogP) is 4.83. The van der Waals surface area contributed by atoms with E-state index in [0.717, 1.165) is 40.0 Å². The standard InChI is InChI=1S/C16H19ClN2S/c1-11-6-8-16(18,9-7-11)15-19-14(10-20-15)12-2-4-13(17)5-3-12/h2-5,10-11H,6-9,18H2,1H3. The smallest absolute Gasteiger partial charge is 0.113 e. The molecular formula is C16H19ClN2S. The monoisotopic (exact) mass is 306 g/mol. The van der Waals surface area contributed by atoms with Crippen molar-refractivity contribution >= 4 is 22.9 Å². The number of hydrogen-bond acceptors (Lipinski definition) is 3. The molecule has 0 unspecified atom stereocenters. The molecule has 1 aliphatic rings. The van der Waals surface area contributed by atoms with Crippen LogP contribution in [0.15, 0.2) is 29.6 Å². The molecular weight excluding hydrogens is 288 g/mol. The number of benzene rings is 1. The minimum Gasteiger partial charge on any atom is -0.319 e. The van der Waals surface area contributed by atoms with E-state index in [9.17, 15) is 0 Å². The molecule has 2 aromatic rings. The summed E-state index contributed by atoms with van der Waals surface area (Å²) in [6, 6.07) is 7.81. The fourth-order valence-electron chi connectivity index (χ4n) is 2.75. The molecule has 0 spiro atoms. The molecule has 2 nitrogen and oxygen atoms in total. The number of thiazole rings is 1. The molecule has 0 aliphatic heterocycles. The largest absolute Gasteiger partial charge is 0.319 e. The lowest BCUT2D eigenvalue weighted by molar-refractivity contribution is 0.247. The molecule has 0 radical (unpaired) electrons. The van der Waals surface area contributed by atoms with Gasteiger partial charge in [-0.3, -0.25) is 0 Å². The molecule has 1 saturated carbocycles. The minimum atomic E-state index is -0.220. The van der Waals surface area contributed by atoms with Gasteiger partial charge < -0.3 is 5.73 Å². The van der Waals surface area contributed by atoms with Crippen LogP contribution >= 0.6 is 22.9 Å². The molecule has 3 rings (SSSR count). The maximum atomic E-state index is 6.58. The molecule has 0 amide bonds. The Kier molecular flexibility index (Phi) is 3.85. The van der Waals surface area contributed by atoms with E-state index in [1.165, 1.54) is 12.8 Å². The Morgan fingerprint density at radius 3 is 2.55 bits per heavy atom. The maximum Gasteiger partial charge on any atom is 0.113 e. The van der Waals surface area contributed by atoms with Crippen LogP contribution in [0.1, 0.15) is 37.6 Å². The zero-order valence-electron chi connectivity index (χ0n) is 11.6. The Bertz CT molecular complexity index is 583. The molecule has 0 bridgehead atoms. The molecule has 0 atom stereocenters. The van der Waals surface area contributed by atoms with Gasteiger partial charge in [0.25, 0.3) is 0 Å².